The molecular weight excluding hydrogens is 1060 g/mol. The van der Waals surface area contributed by atoms with Crippen LogP contribution in [0.2, 0.25) is 26.2 Å². The van der Waals surface area contributed by atoms with Gasteiger partial charge in [0.15, 0.2) is 0 Å². The molecule has 4 rings (SSSR count). The van der Waals surface area contributed by atoms with Crippen LogP contribution < -0.4 is 24.8 Å². The van der Waals surface area contributed by atoms with Crippen molar-refractivity contribution in [2.75, 3.05) is 0 Å². The Labute approximate surface area is 381 Å². The van der Waals surface area contributed by atoms with Gasteiger partial charge >= 0.3 is 83.2 Å². The van der Waals surface area contributed by atoms with Crippen molar-refractivity contribution >= 4 is 11.0 Å². The molecule has 4 atom stereocenters. The van der Waals surface area contributed by atoms with E-state index < -0.39 is 0 Å². The van der Waals surface area contributed by atoms with Crippen LogP contribution in [-0.4, -0.2) is 11.0 Å². The first-order valence-corrected chi connectivity index (χ1v) is 35.2. The predicted octanol–water partition coefficient (Wildman–Crippen LogP) is 9.01. The Balaban J connectivity index is -0.000000286. The third kappa shape index (κ3) is 26.6. The minimum atomic E-state index is 0. The number of hydrogen-bond acceptors (Lipinski definition) is 0. The van der Waals surface area contributed by atoms with Crippen LogP contribution in [0.5, 0.6) is 0 Å². The largest absolute Gasteiger partial charge is 1.00 e. The van der Waals surface area contributed by atoms with Crippen LogP contribution in [0.25, 0.3) is 0 Å². The summed E-state index contributed by atoms with van der Waals surface area (Å²) >= 11 is 2.90. The first-order valence-electron chi connectivity index (χ1n) is 19.5. The smallest absolute Gasteiger partial charge is 1.00 e. The van der Waals surface area contributed by atoms with E-state index in [2.05, 4.69) is 213 Å². The van der Waals surface area contributed by atoms with Crippen LogP contribution in [0, 0.1) is 69.6 Å². The number of hydrogen-bond donors (Lipinski definition) is 0. The zero-order valence-corrected chi connectivity index (χ0v) is 50.1. The molecule has 0 aromatic heterocycles. The Kier molecular flexibility index (Phi) is 30.3. The topological polar surface area (TPSA) is 0 Å². The van der Waals surface area contributed by atoms with Crippen LogP contribution in [-0.2, 0) is 46.0 Å². The second kappa shape index (κ2) is 26.7. The van der Waals surface area contributed by atoms with E-state index in [9.17, 15) is 0 Å². The van der Waals surface area contributed by atoms with E-state index in [0.29, 0.717) is 45.3 Å². The molecule has 0 aromatic carbocycles. The molecule has 0 saturated heterocycles. The zero-order chi connectivity index (χ0) is 41.7. The first kappa shape index (κ1) is 61.3. The molecule has 6 heteroatoms. The van der Waals surface area contributed by atoms with Crippen molar-refractivity contribution < 1.29 is 70.8 Å². The minimum Gasteiger partial charge on any atom is -1.00 e. The van der Waals surface area contributed by atoms with Crippen molar-refractivity contribution in [2.45, 2.75) is 165 Å². The Bertz CT molecular complexity index is 1250. The van der Waals surface area contributed by atoms with Gasteiger partial charge in [-0.2, -0.15) is 46.6 Å². The fraction of sp³-hybridized carbons (Fsp3) is 0.667. The van der Waals surface area contributed by atoms with E-state index in [1.165, 1.54) is 90.6 Å². The minimum absolute atomic E-state index is 0. The fourth-order valence-electron chi connectivity index (χ4n) is 6.59. The van der Waals surface area contributed by atoms with E-state index in [1.54, 1.807) is 0 Å². The van der Waals surface area contributed by atoms with Crippen molar-refractivity contribution in [1.29, 1.82) is 0 Å². The summed E-state index contributed by atoms with van der Waals surface area (Å²) in [5.41, 5.74) is 12.9. The molecule has 0 heterocycles. The van der Waals surface area contributed by atoms with Crippen molar-refractivity contribution in [1.82, 2.24) is 0 Å². The van der Waals surface area contributed by atoms with Gasteiger partial charge in [0.05, 0.1) is 0 Å². The van der Waals surface area contributed by atoms with Crippen LogP contribution in [0.4, 0.5) is 0 Å². The Morgan fingerprint density at radius 2 is 0.500 bits per heavy atom. The first-order chi connectivity index (χ1) is 23.1. The molecular formula is C48H80Cl2Hf2Si2-2. The molecule has 0 aromatic rings. The average molecular weight is 1140 g/mol. The van der Waals surface area contributed by atoms with E-state index in [4.69, 9.17) is 0 Å². The molecule has 4 unspecified atom stereocenters. The quantitative estimate of drug-likeness (QED) is 0.168. The average Bonchev–Trinajstić information content (AvgIpc) is 3.63. The van der Waals surface area contributed by atoms with Crippen molar-refractivity contribution in [3.63, 3.8) is 0 Å². The van der Waals surface area contributed by atoms with Gasteiger partial charge in [-0.3, -0.25) is 24.3 Å². The Hall–Kier alpha value is 0.674. The zero-order valence-electron chi connectivity index (χ0n) is 39.4. The number of rotatable bonds is 0. The SMILES string of the molecule is CC1=[C-]C(C)C=C1C(C)(C)C.CC1=[C-]C(C)C=C1C(C)(C)C.CC1=[C-]C(C)C=C1C(C)(C)C.CC1=[C-]C(C)C=C1C(C)(C)C.C[Si](C)=[Hf+2].C[Si](C)=[Hf+2].[Cl-].[Cl-]. The summed E-state index contributed by atoms with van der Waals surface area (Å²) in [6, 6.07) is 0. The van der Waals surface area contributed by atoms with Gasteiger partial charge in [0.25, 0.3) is 0 Å². The summed E-state index contributed by atoms with van der Waals surface area (Å²) < 4.78 is 0. The Morgan fingerprint density at radius 3 is 0.537 bits per heavy atom. The summed E-state index contributed by atoms with van der Waals surface area (Å²) in [6.07, 6.45) is 22.8. The molecule has 4 aliphatic rings. The van der Waals surface area contributed by atoms with Gasteiger partial charge in [-0.25, -0.2) is 22.3 Å². The maximum absolute atomic E-state index is 3.40. The molecule has 54 heavy (non-hydrogen) atoms. The molecule has 0 spiro atoms. The third-order valence-electron chi connectivity index (χ3n) is 8.29. The molecule has 0 nitrogen and oxygen atoms in total. The van der Waals surface area contributed by atoms with E-state index in [-0.39, 0.29) is 35.8 Å². The summed E-state index contributed by atoms with van der Waals surface area (Å²) in [5.74, 6) is 2.07. The third-order valence-corrected chi connectivity index (χ3v) is 8.29. The van der Waals surface area contributed by atoms with Gasteiger partial charge in [-0.1, -0.05) is 184 Å². The summed E-state index contributed by atoms with van der Waals surface area (Å²) in [7, 11) is 0. The summed E-state index contributed by atoms with van der Waals surface area (Å²) in [4.78, 5) is 0. The Morgan fingerprint density at radius 1 is 0.389 bits per heavy atom. The number of halogens is 2. The van der Waals surface area contributed by atoms with Gasteiger partial charge < -0.3 is 24.8 Å². The van der Waals surface area contributed by atoms with Crippen LogP contribution >= 0.6 is 0 Å². The molecule has 0 fully saturated rings. The second-order valence-corrected chi connectivity index (χ2v) is 45.1. The maximum atomic E-state index is 3.40. The fourth-order valence-corrected chi connectivity index (χ4v) is 6.59. The van der Waals surface area contributed by atoms with Gasteiger partial charge in [0.2, 0.25) is 0 Å². The molecule has 0 bridgehead atoms. The van der Waals surface area contributed by atoms with Crippen molar-refractivity contribution in [3.05, 3.63) is 93.2 Å². The standard InChI is InChI=1S/4C11H17.2C2H6Si.2ClH.2Hf/c4*1-8-6-9(2)10(7-8)11(3,4)5;2*1-3-2;;;;/h4*7-8H,1-5H3;2*1-2H3;2*1H;;/q4*-1;;;;;2*+2/p-2. The van der Waals surface area contributed by atoms with E-state index in [0.717, 1.165) is 0 Å². The van der Waals surface area contributed by atoms with Gasteiger partial charge in [0, 0.05) is 0 Å². The number of allylic oxidation sites excluding steroid dienone is 16. The predicted molar refractivity (Wildman–Crippen MR) is 231 cm³/mol. The van der Waals surface area contributed by atoms with E-state index >= 15 is 0 Å². The molecule has 4 aliphatic carbocycles. The molecule has 0 saturated carbocycles. The van der Waals surface area contributed by atoms with E-state index in [1.807, 2.05) is 0 Å². The summed E-state index contributed by atoms with van der Waals surface area (Å²) in [6.45, 7) is 53.7. The van der Waals surface area contributed by atoms with Gasteiger partial charge in [-0.15, -0.1) is 0 Å². The van der Waals surface area contributed by atoms with Gasteiger partial charge in [-0.05, 0) is 0 Å². The molecule has 0 amide bonds. The van der Waals surface area contributed by atoms with Crippen molar-refractivity contribution in [3.8, 4) is 0 Å². The van der Waals surface area contributed by atoms with Gasteiger partial charge in [0.1, 0.15) is 0 Å². The molecule has 0 radical (unpaired) electrons. The molecule has 0 aliphatic heterocycles. The van der Waals surface area contributed by atoms with Crippen LogP contribution in [0.3, 0.4) is 0 Å². The summed E-state index contributed by atoms with van der Waals surface area (Å²) in [5, 5.41) is 0. The maximum Gasteiger partial charge on any atom is -1.00 e. The van der Waals surface area contributed by atoms with Crippen LogP contribution in [0.15, 0.2) is 68.9 Å². The monoisotopic (exact) mass is 1140 g/mol. The second-order valence-electron chi connectivity index (χ2n) is 19.6. The normalized spacial score (nSPS) is 21.4. The van der Waals surface area contributed by atoms with Crippen molar-refractivity contribution in [2.24, 2.45) is 45.3 Å². The van der Waals surface area contributed by atoms with Crippen LogP contribution in [0.1, 0.15) is 138 Å². The molecule has 304 valence electrons. The molecule has 0 N–H and O–H groups in total.